The van der Waals surface area contributed by atoms with Crippen molar-refractivity contribution in [2.75, 3.05) is 13.2 Å². The van der Waals surface area contributed by atoms with E-state index in [1.54, 1.807) is 6.20 Å². The molecular formula is C24H34N6O8. The number of hydrogen-bond acceptors (Lipinski definition) is 8. The summed E-state index contributed by atoms with van der Waals surface area (Å²) in [5.41, 5.74) is 12.9. The molecule has 0 radical (unpaired) electrons. The van der Waals surface area contributed by atoms with Crippen molar-refractivity contribution in [3.8, 4) is 0 Å². The second kappa shape index (κ2) is 14.7. The van der Waals surface area contributed by atoms with Gasteiger partial charge in [-0.3, -0.25) is 19.2 Å². The number of fused-ring (bicyclic) bond motifs is 1. The molecule has 3 amide bonds. The molecule has 0 aliphatic heterocycles. The van der Waals surface area contributed by atoms with Crippen molar-refractivity contribution in [3.05, 3.63) is 36.0 Å². The van der Waals surface area contributed by atoms with Crippen LogP contribution in [0.4, 0.5) is 0 Å². The summed E-state index contributed by atoms with van der Waals surface area (Å²) < 4.78 is 0. The van der Waals surface area contributed by atoms with E-state index in [1.165, 1.54) is 0 Å². The van der Waals surface area contributed by atoms with Crippen LogP contribution in [-0.4, -0.2) is 87.3 Å². The highest BCUT2D eigenvalue weighted by Crippen LogP contribution is 2.19. The topological polar surface area (TPSA) is 250 Å². The first-order chi connectivity index (χ1) is 18.1. The molecule has 0 bridgehead atoms. The number of rotatable bonds is 16. The molecular weight excluding hydrogens is 500 g/mol. The van der Waals surface area contributed by atoms with Crippen LogP contribution in [0.25, 0.3) is 10.9 Å². The molecule has 14 nitrogen and oxygen atoms in total. The molecule has 0 fully saturated rings. The lowest BCUT2D eigenvalue weighted by molar-refractivity contribution is -0.147. The van der Waals surface area contributed by atoms with E-state index in [9.17, 15) is 29.1 Å². The van der Waals surface area contributed by atoms with E-state index in [0.717, 1.165) is 10.9 Å². The molecule has 38 heavy (non-hydrogen) atoms. The first-order valence-corrected chi connectivity index (χ1v) is 12.0. The summed E-state index contributed by atoms with van der Waals surface area (Å²) in [4.78, 5) is 63.7. The number of carbonyl (C=O) groups excluding carboxylic acids is 3. The van der Waals surface area contributed by atoms with Crippen molar-refractivity contribution in [1.29, 1.82) is 0 Å². The number of aliphatic hydroxyl groups is 1. The number of carbonyl (C=O) groups is 5. The van der Waals surface area contributed by atoms with Gasteiger partial charge in [-0.25, -0.2) is 4.79 Å². The molecule has 2 rings (SSSR count). The van der Waals surface area contributed by atoms with Gasteiger partial charge in [-0.05, 0) is 31.0 Å². The number of benzene rings is 1. The van der Waals surface area contributed by atoms with Gasteiger partial charge in [-0.1, -0.05) is 24.6 Å². The number of aliphatic carboxylic acids is 2. The second-order valence-corrected chi connectivity index (χ2v) is 8.76. The van der Waals surface area contributed by atoms with E-state index in [-0.39, 0.29) is 6.42 Å². The largest absolute Gasteiger partial charge is 0.481 e. The van der Waals surface area contributed by atoms with Crippen molar-refractivity contribution in [1.82, 2.24) is 20.9 Å². The molecule has 0 saturated carbocycles. The molecule has 4 unspecified atom stereocenters. The number of aromatic nitrogens is 1. The summed E-state index contributed by atoms with van der Waals surface area (Å²) in [6.07, 6.45) is 2.40. The smallest absolute Gasteiger partial charge is 0.326 e. The number of aliphatic hydroxyl groups excluding tert-OH is 1. The minimum absolute atomic E-state index is 0.00758. The molecule has 11 N–H and O–H groups in total. The monoisotopic (exact) mass is 534 g/mol. The van der Waals surface area contributed by atoms with Crippen LogP contribution in [-0.2, 0) is 30.4 Å². The first kappa shape index (κ1) is 30.2. The van der Waals surface area contributed by atoms with E-state index >= 15 is 0 Å². The SMILES string of the molecule is NCCCCC(N)C(=O)NC(Cc1c[nH]c2ccccc12)C(=O)NC(CO)C(=O)NC(CC(=O)O)C(=O)O. The Bertz CT molecular complexity index is 1140. The molecule has 0 saturated heterocycles. The zero-order valence-corrected chi connectivity index (χ0v) is 20.7. The van der Waals surface area contributed by atoms with Crippen molar-refractivity contribution >= 4 is 40.6 Å². The lowest BCUT2D eigenvalue weighted by atomic mass is 10.0. The van der Waals surface area contributed by atoms with Gasteiger partial charge in [-0.2, -0.15) is 0 Å². The maximum absolute atomic E-state index is 13.2. The molecule has 0 aliphatic carbocycles. The lowest BCUT2D eigenvalue weighted by Gasteiger charge is -2.24. The number of hydrogen-bond donors (Lipinski definition) is 9. The number of nitrogens with two attached hydrogens (primary N) is 2. The van der Waals surface area contributed by atoms with Gasteiger partial charge in [0.25, 0.3) is 0 Å². The van der Waals surface area contributed by atoms with Crippen LogP contribution >= 0.6 is 0 Å². The van der Waals surface area contributed by atoms with Gasteiger partial charge in [-0.15, -0.1) is 0 Å². The molecule has 1 aromatic heterocycles. The number of carboxylic acids is 2. The summed E-state index contributed by atoms with van der Waals surface area (Å²) in [6.45, 7) is -0.469. The number of unbranched alkanes of at least 4 members (excludes halogenated alkanes) is 1. The average Bonchev–Trinajstić information content (AvgIpc) is 3.28. The molecule has 1 heterocycles. The Morgan fingerprint density at radius 1 is 0.895 bits per heavy atom. The quantitative estimate of drug-likeness (QED) is 0.109. The van der Waals surface area contributed by atoms with E-state index in [2.05, 4.69) is 15.6 Å². The molecule has 208 valence electrons. The molecule has 0 spiro atoms. The molecule has 2 aromatic rings. The highest BCUT2D eigenvalue weighted by atomic mass is 16.4. The zero-order valence-electron chi connectivity index (χ0n) is 20.7. The minimum Gasteiger partial charge on any atom is -0.481 e. The van der Waals surface area contributed by atoms with E-state index in [1.807, 2.05) is 29.6 Å². The summed E-state index contributed by atoms with van der Waals surface area (Å²) in [5.74, 6) is -5.61. The van der Waals surface area contributed by atoms with Gasteiger partial charge in [0.1, 0.15) is 18.1 Å². The second-order valence-electron chi connectivity index (χ2n) is 8.76. The van der Waals surface area contributed by atoms with E-state index < -0.39 is 66.9 Å². The molecule has 0 aliphatic rings. The van der Waals surface area contributed by atoms with Crippen LogP contribution in [0, 0.1) is 0 Å². The summed E-state index contributed by atoms with van der Waals surface area (Å²) >= 11 is 0. The standard InChI is InChI=1S/C24H34N6O8/c25-8-4-3-6-15(26)21(34)28-17(9-13-11-27-16-7-2-1-5-14(13)16)22(35)30-19(12-31)23(36)29-18(24(37)38)10-20(32)33/h1-2,5,7,11,15,17-19,27,31H,3-4,6,8-10,12,25-26H2,(H,28,34)(H,29,36)(H,30,35)(H,32,33)(H,37,38). The minimum atomic E-state index is -1.78. The fraction of sp³-hybridized carbons (Fsp3) is 0.458. The van der Waals surface area contributed by atoms with E-state index in [4.69, 9.17) is 21.7 Å². The predicted molar refractivity (Wildman–Crippen MR) is 136 cm³/mol. The van der Waals surface area contributed by atoms with Crippen LogP contribution in [0.5, 0.6) is 0 Å². The summed E-state index contributed by atoms with van der Waals surface area (Å²) in [6, 6.07) is 1.79. The van der Waals surface area contributed by atoms with Gasteiger partial charge in [0.05, 0.1) is 19.1 Å². The third-order valence-electron chi connectivity index (χ3n) is 5.85. The number of nitrogens with one attached hydrogen (secondary N) is 4. The highest BCUT2D eigenvalue weighted by molar-refractivity contribution is 5.95. The summed E-state index contributed by atoms with van der Waals surface area (Å²) in [7, 11) is 0. The Balaban J connectivity index is 2.21. The fourth-order valence-electron chi connectivity index (χ4n) is 3.76. The van der Waals surface area contributed by atoms with Crippen molar-refractivity contribution in [2.24, 2.45) is 11.5 Å². The number of para-hydroxylation sites is 1. The van der Waals surface area contributed by atoms with Crippen LogP contribution in [0.1, 0.15) is 31.2 Å². The van der Waals surface area contributed by atoms with Gasteiger partial charge >= 0.3 is 11.9 Å². The normalized spacial score (nSPS) is 14.2. The first-order valence-electron chi connectivity index (χ1n) is 12.0. The Kier molecular flexibility index (Phi) is 11.7. The average molecular weight is 535 g/mol. The Hall–Kier alpha value is -4.01. The van der Waals surface area contributed by atoms with Gasteiger partial charge in [0.2, 0.25) is 17.7 Å². The van der Waals surface area contributed by atoms with E-state index in [0.29, 0.717) is 31.4 Å². The van der Waals surface area contributed by atoms with Gasteiger partial charge < -0.3 is 47.7 Å². The van der Waals surface area contributed by atoms with Crippen molar-refractivity contribution in [2.45, 2.75) is 56.3 Å². The van der Waals surface area contributed by atoms with Crippen molar-refractivity contribution < 1.29 is 39.3 Å². The molecule has 1 aromatic carbocycles. The third-order valence-corrected chi connectivity index (χ3v) is 5.85. The number of carboxylic acid groups (broad SMARTS) is 2. The number of amides is 3. The van der Waals surface area contributed by atoms with Gasteiger partial charge in [0.15, 0.2) is 0 Å². The fourth-order valence-corrected chi connectivity index (χ4v) is 3.76. The van der Waals surface area contributed by atoms with Crippen LogP contribution in [0.15, 0.2) is 30.5 Å². The lowest BCUT2D eigenvalue weighted by Crippen LogP contribution is -2.58. The third kappa shape index (κ3) is 8.83. The molecule has 4 atom stereocenters. The van der Waals surface area contributed by atoms with Crippen LogP contribution in [0.3, 0.4) is 0 Å². The predicted octanol–water partition coefficient (Wildman–Crippen LogP) is -1.83. The Morgan fingerprint density at radius 3 is 2.16 bits per heavy atom. The Morgan fingerprint density at radius 2 is 1.53 bits per heavy atom. The van der Waals surface area contributed by atoms with Crippen molar-refractivity contribution in [3.63, 3.8) is 0 Å². The van der Waals surface area contributed by atoms with Gasteiger partial charge in [0, 0.05) is 23.5 Å². The maximum Gasteiger partial charge on any atom is 0.326 e. The molecule has 14 heteroatoms. The maximum atomic E-state index is 13.2. The van der Waals surface area contributed by atoms with Crippen LogP contribution in [0.2, 0.25) is 0 Å². The Labute approximate surface area is 218 Å². The summed E-state index contributed by atoms with van der Waals surface area (Å²) in [5, 5.41) is 35.4. The highest BCUT2D eigenvalue weighted by Gasteiger charge is 2.31. The van der Waals surface area contributed by atoms with Crippen LogP contribution < -0.4 is 27.4 Å². The number of aromatic amines is 1. The zero-order chi connectivity index (χ0) is 28.2. The number of H-pyrrole nitrogens is 1.